The molecule has 0 radical (unpaired) electrons. The minimum Gasteiger partial charge on any atom is -0.497 e. The molecule has 0 aliphatic heterocycles. The van der Waals surface area contributed by atoms with Crippen molar-refractivity contribution in [3.05, 3.63) is 82.0 Å². The number of carbonyl (C=O) groups excluding carboxylic acids is 1. The minimum absolute atomic E-state index is 0.0815. The molecule has 7 nitrogen and oxygen atoms in total. The average Bonchev–Trinajstić information content (AvgIpc) is 3.02. The van der Waals surface area contributed by atoms with Gasteiger partial charge in [-0.15, -0.1) is 0 Å². The minimum atomic E-state index is -4.13. The highest BCUT2D eigenvalue weighted by molar-refractivity contribution is 7.90. The molecule has 140 valence electrons. The van der Waals surface area contributed by atoms with Crippen molar-refractivity contribution in [3.63, 3.8) is 0 Å². The van der Waals surface area contributed by atoms with Crippen LogP contribution in [0.15, 0.2) is 64.5 Å². The van der Waals surface area contributed by atoms with Crippen LogP contribution in [0.25, 0.3) is 0 Å². The van der Waals surface area contributed by atoms with E-state index in [9.17, 15) is 18.0 Å². The van der Waals surface area contributed by atoms with E-state index in [0.29, 0.717) is 15.3 Å². The zero-order chi connectivity index (χ0) is 19.8. The van der Waals surface area contributed by atoms with Gasteiger partial charge in [-0.2, -0.15) is 3.97 Å². The Morgan fingerprint density at radius 2 is 1.56 bits per heavy atom. The Balaban J connectivity index is 2.04. The van der Waals surface area contributed by atoms with Crippen LogP contribution in [-0.2, 0) is 10.0 Å². The summed E-state index contributed by atoms with van der Waals surface area (Å²) in [7, 11) is -2.67. The van der Waals surface area contributed by atoms with Crippen LogP contribution in [0.3, 0.4) is 0 Å². The maximum absolute atomic E-state index is 12.7. The summed E-state index contributed by atoms with van der Waals surface area (Å²) in [6, 6.07) is 10.8. The highest BCUT2D eigenvalue weighted by Gasteiger charge is 2.23. The van der Waals surface area contributed by atoms with Crippen LogP contribution in [0.4, 0.5) is 0 Å². The Morgan fingerprint density at radius 1 is 0.963 bits per heavy atom. The molecule has 0 saturated carbocycles. The van der Waals surface area contributed by atoms with E-state index in [0.717, 1.165) is 28.1 Å². The van der Waals surface area contributed by atoms with Gasteiger partial charge in [-0.05, 0) is 50.2 Å². The van der Waals surface area contributed by atoms with E-state index >= 15 is 0 Å². The molecule has 0 aliphatic carbocycles. The molecule has 0 fully saturated rings. The molecule has 0 saturated heterocycles. The molecule has 27 heavy (non-hydrogen) atoms. The molecule has 0 amide bonds. The van der Waals surface area contributed by atoms with Crippen molar-refractivity contribution in [3.8, 4) is 5.75 Å². The van der Waals surface area contributed by atoms with Crippen molar-refractivity contribution < 1.29 is 17.9 Å². The van der Waals surface area contributed by atoms with Crippen molar-refractivity contribution in [2.45, 2.75) is 18.7 Å². The van der Waals surface area contributed by atoms with Crippen LogP contribution in [0.5, 0.6) is 5.75 Å². The molecule has 2 aromatic carbocycles. The monoisotopic (exact) mass is 386 g/mol. The third kappa shape index (κ3) is 3.43. The van der Waals surface area contributed by atoms with Crippen molar-refractivity contribution in [1.82, 2.24) is 8.54 Å². The van der Waals surface area contributed by atoms with Gasteiger partial charge < -0.3 is 4.74 Å². The van der Waals surface area contributed by atoms with Gasteiger partial charge in [-0.3, -0.25) is 4.79 Å². The number of carbonyl (C=O) groups is 1. The molecular weight excluding hydrogens is 368 g/mol. The third-order valence-electron chi connectivity index (χ3n) is 4.05. The Kier molecular flexibility index (Phi) is 4.75. The summed E-state index contributed by atoms with van der Waals surface area (Å²) in [5.74, 6) is -0.0978. The maximum Gasteiger partial charge on any atom is 0.349 e. The molecule has 1 aromatic heterocycles. The molecular formula is C19H18N2O5S. The largest absolute Gasteiger partial charge is 0.497 e. The van der Waals surface area contributed by atoms with E-state index in [4.69, 9.17) is 4.74 Å². The number of aryl methyl sites for hydroxylation is 2. The lowest BCUT2D eigenvalue weighted by Crippen LogP contribution is -2.32. The van der Waals surface area contributed by atoms with Gasteiger partial charge in [0.2, 0.25) is 0 Å². The topological polar surface area (TPSA) is 87.4 Å². The van der Waals surface area contributed by atoms with Gasteiger partial charge in [0, 0.05) is 18.0 Å². The maximum atomic E-state index is 12.7. The van der Waals surface area contributed by atoms with Crippen molar-refractivity contribution in [2.24, 2.45) is 0 Å². The van der Waals surface area contributed by atoms with Crippen LogP contribution in [-0.4, -0.2) is 30.0 Å². The standard InChI is InChI=1S/C19H18N2O5S/c1-13-10-14(2)12-15(11-13)18(22)20-8-9-21(19(20)23)27(24,25)17-6-4-16(26-3)5-7-17/h4-12H,1-3H3. The van der Waals surface area contributed by atoms with Crippen LogP contribution in [0, 0.1) is 13.8 Å². The Hall–Kier alpha value is -3.13. The quantitative estimate of drug-likeness (QED) is 0.686. The predicted octanol–water partition coefficient (Wildman–Crippen LogP) is 2.20. The van der Waals surface area contributed by atoms with E-state index < -0.39 is 21.6 Å². The second-order valence-electron chi connectivity index (χ2n) is 6.11. The van der Waals surface area contributed by atoms with E-state index in [1.165, 1.54) is 31.4 Å². The fourth-order valence-electron chi connectivity index (χ4n) is 2.80. The summed E-state index contributed by atoms with van der Waals surface area (Å²) < 4.78 is 31.8. The van der Waals surface area contributed by atoms with Gasteiger partial charge in [0.25, 0.3) is 15.9 Å². The van der Waals surface area contributed by atoms with Crippen LogP contribution < -0.4 is 10.4 Å². The summed E-state index contributed by atoms with van der Waals surface area (Å²) in [4.78, 5) is 25.2. The smallest absolute Gasteiger partial charge is 0.349 e. The molecule has 1 heterocycles. The molecule has 3 rings (SSSR count). The molecule has 0 spiro atoms. The number of imidazole rings is 1. The first kappa shape index (κ1) is 18.7. The summed E-state index contributed by atoms with van der Waals surface area (Å²) in [6.45, 7) is 3.68. The summed E-state index contributed by atoms with van der Waals surface area (Å²) in [5, 5.41) is 0. The second-order valence-corrected chi connectivity index (χ2v) is 7.92. The Bertz CT molecular complexity index is 1150. The normalized spacial score (nSPS) is 11.4. The first-order valence-corrected chi connectivity index (χ1v) is 9.50. The zero-order valence-corrected chi connectivity index (χ0v) is 15.9. The molecule has 8 heteroatoms. The second kappa shape index (κ2) is 6.88. The first-order valence-electron chi connectivity index (χ1n) is 8.06. The SMILES string of the molecule is COc1ccc(S(=O)(=O)n2ccn(C(=O)c3cc(C)cc(C)c3)c2=O)cc1. The lowest BCUT2D eigenvalue weighted by molar-refractivity contribution is 0.0956. The summed E-state index contributed by atoms with van der Waals surface area (Å²) in [5.41, 5.74) is 1.11. The molecule has 0 atom stereocenters. The first-order chi connectivity index (χ1) is 12.7. The van der Waals surface area contributed by atoms with Gasteiger partial charge in [-0.25, -0.2) is 17.8 Å². The number of methoxy groups -OCH3 is 1. The van der Waals surface area contributed by atoms with Gasteiger partial charge >= 0.3 is 5.69 Å². The zero-order valence-electron chi connectivity index (χ0n) is 15.0. The third-order valence-corrected chi connectivity index (χ3v) is 5.71. The molecule has 0 unspecified atom stereocenters. The summed E-state index contributed by atoms with van der Waals surface area (Å²) in [6.07, 6.45) is 2.23. The lowest BCUT2D eigenvalue weighted by Gasteiger charge is -2.06. The Labute approximate surface area is 156 Å². The van der Waals surface area contributed by atoms with Crippen molar-refractivity contribution in [2.75, 3.05) is 7.11 Å². The number of nitrogens with zero attached hydrogens (tertiary/aromatic N) is 2. The molecule has 0 bridgehead atoms. The fourth-order valence-corrected chi connectivity index (χ4v) is 4.01. The van der Waals surface area contributed by atoms with Gasteiger partial charge in [0.05, 0.1) is 12.0 Å². The van der Waals surface area contributed by atoms with Gasteiger partial charge in [0.1, 0.15) is 5.75 Å². The van der Waals surface area contributed by atoms with Crippen LogP contribution in [0.2, 0.25) is 0 Å². The Morgan fingerprint density at radius 3 is 2.11 bits per heavy atom. The number of ether oxygens (including phenoxy) is 1. The number of aromatic nitrogens is 2. The van der Waals surface area contributed by atoms with Gasteiger partial charge in [0.15, 0.2) is 0 Å². The summed E-state index contributed by atoms with van der Waals surface area (Å²) >= 11 is 0. The van der Waals surface area contributed by atoms with Crippen LogP contribution >= 0.6 is 0 Å². The van der Waals surface area contributed by atoms with E-state index in [1.807, 2.05) is 19.9 Å². The number of rotatable bonds is 4. The highest BCUT2D eigenvalue weighted by atomic mass is 32.2. The number of hydrogen-bond donors (Lipinski definition) is 0. The fraction of sp³-hybridized carbons (Fsp3) is 0.158. The van der Waals surface area contributed by atoms with E-state index in [1.54, 1.807) is 12.1 Å². The average molecular weight is 386 g/mol. The van der Waals surface area contributed by atoms with E-state index in [-0.39, 0.29) is 4.90 Å². The predicted molar refractivity (Wildman–Crippen MR) is 99.9 cm³/mol. The lowest BCUT2D eigenvalue weighted by atomic mass is 10.1. The molecule has 0 N–H and O–H groups in total. The van der Waals surface area contributed by atoms with Gasteiger partial charge in [-0.1, -0.05) is 17.2 Å². The molecule has 3 aromatic rings. The van der Waals surface area contributed by atoms with Crippen LogP contribution in [0.1, 0.15) is 21.5 Å². The van der Waals surface area contributed by atoms with Crippen molar-refractivity contribution >= 4 is 15.9 Å². The number of benzene rings is 2. The number of hydrogen-bond acceptors (Lipinski definition) is 5. The van der Waals surface area contributed by atoms with E-state index in [2.05, 4.69) is 0 Å². The van der Waals surface area contributed by atoms with Crippen molar-refractivity contribution in [1.29, 1.82) is 0 Å². The highest BCUT2D eigenvalue weighted by Crippen LogP contribution is 2.17. The molecule has 0 aliphatic rings.